The molecule has 0 bridgehead atoms. The number of amides is 1. The maximum atomic E-state index is 12.8. The third-order valence-corrected chi connectivity index (χ3v) is 5.13. The minimum atomic E-state index is -0.301. The van der Waals surface area contributed by atoms with Gasteiger partial charge in [0.2, 0.25) is 0 Å². The van der Waals surface area contributed by atoms with Gasteiger partial charge in [0, 0.05) is 5.69 Å². The molecule has 0 aromatic heterocycles. The summed E-state index contributed by atoms with van der Waals surface area (Å²) in [4.78, 5) is 14.5. The van der Waals surface area contributed by atoms with Crippen molar-refractivity contribution in [3.05, 3.63) is 96.1 Å². The van der Waals surface area contributed by atoms with E-state index in [1.54, 1.807) is 12.0 Å². The van der Waals surface area contributed by atoms with E-state index in [9.17, 15) is 4.79 Å². The maximum Gasteiger partial charge on any atom is 0.415 e. The second-order valence-electron chi connectivity index (χ2n) is 6.87. The predicted molar refractivity (Wildman–Crippen MR) is 110 cm³/mol. The topological polar surface area (TPSA) is 38.8 Å². The van der Waals surface area contributed by atoms with Crippen molar-refractivity contribution in [1.82, 2.24) is 0 Å². The highest BCUT2D eigenvalue weighted by molar-refractivity contribution is 5.91. The molecule has 142 valence electrons. The van der Waals surface area contributed by atoms with E-state index in [2.05, 4.69) is 12.1 Å². The van der Waals surface area contributed by atoms with Crippen LogP contribution in [0.4, 0.5) is 10.5 Å². The standard InChI is InChI=1S/C24H23NO3/c1-27-21-15-13-19(14-16-21)23-22(17-12-18-8-4-2-5-9-18)28-24(26)25(23)20-10-6-3-7-11-20/h2-11,13-16,22-23H,12,17H2,1H3/t22-,23+/m0/s1. The summed E-state index contributed by atoms with van der Waals surface area (Å²) in [6, 6.07) is 27.7. The minimum Gasteiger partial charge on any atom is -0.497 e. The van der Waals surface area contributed by atoms with Gasteiger partial charge in [-0.15, -0.1) is 0 Å². The molecule has 2 atom stereocenters. The highest BCUT2D eigenvalue weighted by Crippen LogP contribution is 2.39. The molecule has 28 heavy (non-hydrogen) atoms. The van der Waals surface area contributed by atoms with Crippen LogP contribution < -0.4 is 9.64 Å². The van der Waals surface area contributed by atoms with Crippen LogP contribution in [0.3, 0.4) is 0 Å². The molecule has 0 N–H and O–H groups in total. The number of methoxy groups -OCH3 is 1. The molecule has 3 aromatic rings. The van der Waals surface area contributed by atoms with Gasteiger partial charge in [0.25, 0.3) is 0 Å². The van der Waals surface area contributed by atoms with Gasteiger partial charge in [-0.1, -0.05) is 60.7 Å². The van der Waals surface area contributed by atoms with E-state index >= 15 is 0 Å². The highest BCUT2D eigenvalue weighted by atomic mass is 16.6. The summed E-state index contributed by atoms with van der Waals surface area (Å²) in [5.74, 6) is 0.793. The zero-order valence-electron chi connectivity index (χ0n) is 15.8. The Morgan fingerprint density at radius 1 is 0.893 bits per heavy atom. The Balaban J connectivity index is 1.65. The van der Waals surface area contributed by atoms with Crippen molar-refractivity contribution in [2.45, 2.75) is 25.0 Å². The molecule has 0 spiro atoms. The van der Waals surface area contributed by atoms with Crippen molar-refractivity contribution in [2.75, 3.05) is 12.0 Å². The Kier molecular flexibility index (Phi) is 5.29. The van der Waals surface area contributed by atoms with Gasteiger partial charge in [-0.05, 0) is 48.2 Å². The quantitative estimate of drug-likeness (QED) is 0.581. The molecule has 0 saturated carbocycles. The molecule has 1 aliphatic heterocycles. The number of anilines is 1. The average Bonchev–Trinajstić information content (AvgIpc) is 3.09. The summed E-state index contributed by atoms with van der Waals surface area (Å²) >= 11 is 0. The molecule has 1 heterocycles. The fourth-order valence-corrected chi connectivity index (χ4v) is 3.72. The first-order valence-electron chi connectivity index (χ1n) is 9.49. The lowest BCUT2D eigenvalue weighted by Gasteiger charge is -2.25. The SMILES string of the molecule is COc1ccc([C@@H]2[C@H](CCc3ccccc3)OC(=O)N2c2ccccc2)cc1. The van der Waals surface area contributed by atoms with Crippen molar-refractivity contribution < 1.29 is 14.3 Å². The maximum absolute atomic E-state index is 12.8. The molecule has 1 saturated heterocycles. The number of para-hydroxylation sites is 1. The van der Waals surface area contributed by atoms with Crippen LogP contribution in [-0.4, -0.2) is 19.3 Å². The Hall–Kier alpha value is -3.27. The summed E-state index contributed by atoms with van der Waals surface area (Å²) in [6.07, 6.45) is 1.09. The van der Waals surface area contributed by atoms with E-state index in [1.807, 2.05) is 72.8 Å². The summed E-state index contributed by atoms with van der Waals surface area (Å²) in [5, 5.41) is 0. The molecule has 4 rings (SSSR count). The van der Waals surface area contributed by atoms with Crippen LogP contribution >= 0.6 is 0 Å². The van der Waals surface area contributed by atoms with E-state index < -0.39 is 0 Å². The predicted octanol–water partition coefficient (Wildman–Crippen LogP) is 5.39. The van der Waals surface area contributed by atoms with Crippen LogP contribution in [0.25, 0.3) is 0 Å². The molecular formula is C24H23NO3. The Bertz CT molecular complexity index is 910. The van der Waals surface area contributed by atoms with Gasteiger partial charge in [-0.3, -0.25) is 4.90 Å². The first kappa shape index (κ1) is 18.1. The van der Waals surface area contributed by atoms with Gasteiger partial charge in [-0.2, -0.15) is 0 Å². The van der Waals surface area contributed by atoms with Crippen molar-refractivity contribution in [3.8, 4) is 5.75 Å². The van der Waals surface area contributed by atoms with Crippen molar-refractivity contribution in [1.29, 1.82) is 0 Å². The third-order valence-electron chi connectivity index (χ3n) is 5.13. The number of ether oxygens (including phenoxy) is 2. The van der Waals surface area contributed by atoms with Crippen molar-refractivity contribution in [2.24, 2.45) is 0 Å². The molecule has 4 heteroatoms. The lowest BCUT2D eigenvalue weighted by Crippen LogP contribution is -2.29. The number of rotatable bonds is 6. The third kappa shape index (κ3) is 3.72. The fourth-order valence-electron chi connectivity index (χ4n) is 3.72. The van der Waals surface area contributed by atoms with Crippen LogP contribution in [0, 0.1) is 0 Å². The number of aryl methyl sites for hydroxylation is 1. The normalized spacial score (nSPS) is 18.8. The van der Waals surface area contributed by atoms with Gasteiger partial charge in [0.05, 0.1) is 7.11 Å². The number of cyclic esters (lactones) is 1. The lowest BCUT2D eigenvalue weighted by atomic mass is 9.95. The largest absolute Gasteiger partial charge is 0.497 e. The zero-order chi connectivity index (χ0) is 19.3. The molecule has 0 aliphatic carbocycles. The molecule has 1 amide bonds. The van der Waals surface area contributed by atoms with E-state index in [1.165, 1.54) is 5.56 Å². The second kappa shape index (κ2) is 8.17. The van der Waals surface area contributed by atoms with Crippen LogP contribution in [0.2, 0.25) is 0 Å². The number of hydrogen-bond donors (Lipinski definition) is 0. The smallest absolute Gasteiger partial charge is 0.415 e. The molecule has 3 aromatic carbocycles. The summed E-state index contributed by atoms with van der Waals surface area (Å²) in [5.41, 5.74) is 3.12. The number of carbonyl (C=O) groups is 1. The van der Waals surface area contributed by atoms with Gasteiger partial charge >= 0.3 is 6.09 Å². The van der Waals surface area contributed by atoms with Gasteiger partial charge in [0.15, 0.2) is 0 Å². The first-order valence-corrected chi connectivity index (χ1v) is 9.49. The van der Waals surface area contributed by atoms with E-state index in [-0.39, 0.29) is 18.2 Å². The van der Waals surface area contributed by atoms with Crippen LogP contribution in [-0.2, 0) is 11.2 Å². The highest BCUT2D eigenvalue weighted by Gasteiger charge is 2.43. The summed E-state index contributed by atoms with van der Waals surface area (Å²) < 4.78 is 11.1. The Morgan fingerprint density at radius 2 is 1.54 bits per heavy atom. The van der Waals surface area contributed by atoms with E-state index in [4.69, 9.17) is 9.47 Å². The summed E-state index contributed by atoms with van der Waals surface area (Å²) in [7, 11) is 1.65. The zero-order valence-corrected chi connectivity index (χ0v) is 15.8. The Morgan fingerprint density at radius 3 is 2.18 bits per heavy atom. The van der Waals surface area contributed by atoms with Gasteiger partial charge < -0.3 is 9.47 Å². The van der Waals surface area contributed by atoms with E-state index in [0.717, 1.165) is 29.8 Å². The number of carbonyl (C=O) groups excluding carboxylic acids is 1. The number of benzene rings is 3. The van der Waals surface area contributed by atoms with Crippen molar-refractivity contribution in [3.63, 3.8) is 0 Å². The second-order valence-corrected chi connectivity index (χ2v) is 6.87. The molecule has 1 aliphatic rings. The van der Waals surface area contributed by atoms with Crippen LogP contribution in [0.5, 0.6) is 5.75 Å². The molecule has 0 radical (unpaired) electrons. The first-order chi connectivity index (χ1) is 13.8. The molecule has 1 fully saturated rings. The molecule has 0 unspecified atom stereocenters. The van der Waals surface area contributed by atoms with Crippen LogP contribution in [0.1, 0.15) is 23.6 Å². The average molecular weight is 373 g/mol. The van der Waals surface area contributed by atoms with E-state index in [0.29, 0.717) is 0 Å². The molecular weight excluding hydrogens is 350 g/mol. The van der Waals surface area contributed by atoms with Crippen LogP contribution in [0.15, 0.2) is 84.9 Å². The van der Waals surface area contributed by atoms with Crippen molar-refractivity contribution >= 4 is 11.8 Å². The number of nitrogens with zero attached hydrogens (tertiary/aromatic N) is 1. The minimum absolute atomic E-state index is 0.176. The Labute approximate surface area is 165 Å². The fraction of sp³-hybridized carbons (Fsp3) is 0.208. The summed E-state index contributed by atoms with van der Waals surface area (Å²) in [6.45, 7) is 0. The van der Waals surface area contributed by atoms with Gasteiger partial charge in [-0.25, -0.2) is 4.79 Å². The van der Waals surface area contributed by atoms with Gasteiger partial charge in [0.1, 0.15) is 17.9 Å². The molecule has 4 nitrogen and oxygen atoms in total. The lowest BCUT2D eigenvalue weighted by molar-refractivity contribution is 0.126. The number of hydrogen-bond acceptors (Lipinski definition) is 3. The monoisotopic (exact) mass is 373 g/mol.